The normalized spacial score (nSPS) is 10.4. The number of carbonyl (C=O) groups is 1. The Morgan fingerprint density at radius 2 is 1.85 bits per heavy atom. The van der Waals surface area contributed by atoms with Crippen molar-refractivity contribution in [3.8, 4) is 0 Å². The first-order valence-corrected chi connectivity index (χ1v) is 8.29. The second kappa shape index (κ2) is 7.93. The van der Waals surface area contributed by atoms with E-state index in [2.05, 4.69) is 20.6 Å². The summed E-state index contributed by atoms with van der Waals surface area (Å²) in [6.07, 6.45) is 0. The van der Waals surface area contributed by atoms with E-state index in [1.54, 1.807) is 25.1 Å². The van der Waals surface area contributed by atoms with Crippen LogP contribution in [0, 0.1) is 12.7 Å². The molecular formula is C19H16ClFN4O. The van der Waals surface area contributed by atoms with Gasteiger partial charge in [-0.1, -0.05) is 29.8 Å². The number of hydrogen-bond donors (Lipinski definition) is 2. The standard InChI is InChI=1S/C19H16ClFN4O/c1-12-23-17(19(26)22-11-13-4-2-3-5-16(13)20)10-18(24-12)25-15-8-6-14(21)7-9-15/h2-10H,11H2,1H3,(H,22,26)(H,23,24,25). The Hall–Kier alpha value is -2.99. The van der Waals surface area contributed by atoms with Crippen molar-refractivity contribution in [1.29, 1.82) is 0 Å². The molecule has 3 rings (SSSR count). The lowest BCUT2D eigenvalue weighted by atomic mass is 10.2. The van der Waals surface area contributed by atoms with E-state index in [9.17, 15) is 9.18 Å². The molecule has 26 heavy (non-hydrogen) atoms. The highest BCUT2D eigenvalue weighted by molar-refractivity contribution is 6.31. The van der Waals surface area contributed by atoms with Crippen LogP contribution in [-0.2, 0) is 6.54 Å². The highest BCUT2D eigenvalue weighted by atomic mass is 35.5. The third-order valence-corrected chi connectivity index (χ3v) is 3.95. The van der Waals surface area contributed by atoms with Gasteiger partial charge in [-0.3, -0.25) is 4.79 Å². The van der Waals surface area contributed by atoms with Gasteiger partial charge >= 0.3 is 0 Å². The maximum atomic E-state index is 13.0. The van der Waals surface area contributed by atoms with E-state index < -0.39 is 0 Å². The van der Waals surface area contributed by atoms with Crippen molar-refractivity contribution in [3.63, 3.8) is 0 Å². The zero-order chi connectivity index (χ0) is 18.5. The van der Waals surface area contributed by atoms with Gasteiger partial charge in [0.05, 0.1) is 0 Å². The molecule has 1 aromatic heterocycles. The van der Waals surface area contributed by atoms with Crippen LogP contribution in [0.1, 0.15) is 21.9 Å². The van der Waals surface area contributed by atoms with E-state index in [-0.39, 0.29) is 17.4 Å². The Morgan fingerprint density at radius 3 is 2.58 bits per heavy atom. The molecule has 0 saturated carbocycles. The second-order valence-corrected chi connectivity index (χ2v) is 6.00. The minimum atomic E-state index is -0.336. The van der Waals surface area contributed by atoms with E-state index in [0.29, 0.717) is 28.9 Å². The summed E-state index contributed by atoms with van der Waals surface area (Å²) in [5.74, 6) is 0.235. The van der Waals surface area contributed by atoms with Crippen molar-refractivity contribution in [2.24, 2.45) is 0 Å². The third-order valence-electron chi connectivity index (χ3n) is 3.58. The summed E-state index contributed by atoms with van der Waals surface area (Å²) in [5.41, 5.74) is 1.71. The molecule has 1 heterocycles. The Bertz CT molecular complexity index is 931. The molecule has 0 aliphatic carbocycles. The number of rotatable bonds is 5. The molecule has 132 valence electrons. The first-order chi connectivity index (χ1) is 12.5. The lowest BCUT2D eigenvalue weighted by Gasteiger charge is -2.10. The van der Waals surface area contributed by atoms with Gasteiger partial charge in [0.25, 0.3) is 5.91 Å². The van der Waals surface area contributed by atoms with Gasteiger partial charge in [-0.25, -0.2) is 14.4 Å². The van der Waals surface area contributed by atoms with Crippen LogP contribution in [0.5, 0.6) is 0 Å². The van der Waals surface area contributed by atoms with Gasteiger partial charge in [-0.05, 0) is 42.8 Å². The number of benzene rings is 2. The third kappa shape index (κ3) is 4.55. The molecule has 0 fully saturated rings. The van der Waals surface area contributed by atoms with Crippen molar-refractivity contribution in [2.75, 3.05) is 5.32 Å². The minimum Gasteiger partial charge on any atom is -0.347 e. The van der Waals surface area contributed by atoms with Gasteiger partial charge in [-0.15, -0.1) is 0 Å². The highest BCUT2D eigenvalue weighted by Gasteiger charge is 2.11. The predicted octanol–water partition coefficient (Wildman–Crippen LogP) is 4.25. The highest BCUT2D eigenvalue weighted by Crippen LogP contribution is 2.17. The fourth-order valence-corrected chi connectivity index (χ4v) is 2.54. The number of nitrogens with one attached hydrogen (secondary N) is 2. The Morgan fingerprint density at radius 1 is 1.12 bits per heavy atom. The van der Waals surface area contributed by atoms with Crippen molar-refractivity contribution < 1.29 is 9.18 Å². The number of aromatic nitrogens is 2. The smallest absolute Gasteiger partial charge is 0.270 e. The fraction of sp³-hybridized carbons (Fsp3) is 0.105. The van der Waals surface area contributed by atoms with Crippen molar-refractivity contribution in [1.82, 2.24) is 15.3 Å². The zero-order valence-electron chi connectivity index (χ0n) is 14.0. The SMILES string of the molecule is Cc1nc(Nc2ccc(F)cc2)cc(C(=O)NCc2ccccc2Cl)n1. The van der Waals surface area contributed by atoms with E-state index >= 15 is 0 Å². The molecule has 3 aromatic rings. The van der Waals surface area contributed by atoms with E-state index in [1.807, 2.05) is 18.2 Å². The molecular weight excluding hydrogens is 355 g/mol. The summed E-state index contributed by atoms with van der Waals surface area (Å²) in [7, 11) is 0. The summed E-state index contributed by atoms with van der Waals surface area (Å²) in [6.45, 7) is 1.99. The van der Waals surface area contributed by atoms with Crippen LogP contribution in [-0.4, -0.2) is 15.9 Å². The number of aryl methyl sites for hydroxylation is 1. The number of nitrogens with zero attached hydrogens (tertiary/aromatic N) is 2. The van der Waals surface area contributed by atoms with Crippen molar-refractivity contribution in [2.45, 2.75) is 13.5 Å². The molecule has 0 aliphatic rings. The van der Waals surface area contributed by atoms with Crippen molar-refractivity contribution >= 4 is 29.0 Å². The Balaban J connectivity index is 1.73. The summed E-state index contributed by atoms with van der Waals surface area (Å²) in [6, 6.07) is 14.7. The van der Waals surface area contributed by atoms with Gasteiger partial charge in [0.15, 0.2) is 0 Å². The first-order valence-electron chi connectivity index (χ1n) is 7.91. The molecule has 1 amide bonds. The average Bonchev–Trinajstić information content (AvgIpc) is 2.62. The van der Waals surface area contributed by atoms with Gasteiger partial charge in [-0.2, -0.15) is 0 Å². The summed E-state index contributed by atoms with van der Waals surface area (Å²) < 4.78 is 13.0. The summed E-state index contributed by atoms with van der Waals surface area (Å²) >= 11 is 6.09. The monoisotopic (exact) mass is 370 g/mol. The summed E-state index contributed by atoms with van der Waals surface area (Å²) in [4.78, 5) is 20.8. The van der Waals surface area contributed by atoms with Gasteiger partial charge in [0.2, 0.25) is 0 Å². The van der Waals surface area contributed by atoms with Crippen LogP contribution in [0.25, 0.3) is 0 Å². The van der Waals surface area contributed by atoms with Crippen LogP contribution in [0.4, 0.5) is 15.9 Å². The molecule has 0 bridgehead atoms. The maximum absolute atomic E-state index is 13.0. The molecule has 0 saturated heterocycles. The maximum Gasteiger partial charge on any atom is 0.270 e. The second-order valence-electron chi connectivity index (χ2n) is 5.59. The molecule has 7 heteroatoms. The summed E-state index contributed by atoms with van der Waals surface area (Å²) in [5, 5.41) is 6.41. The number of halogens is 2. The molecule has 0 unspecified atom stereocenters. The van der Waals surface area contributed by atoms with Crippen LogP contribution in [0.2, 0.25) is 5.02 Å². The van der Waals surface area contributed by atoms with Crippen LogP contribution < -0.4 is 10.6 Å². The quantitative estimate of drug-likeness (QED) is 0.704. The largest absolute Gasteiger partial charge is 0.347 e. The van der Waals surface area contributed by atoms with Crippen molar-refractivity contribution in [3.05, 3.63) is 82.5 Å². The predicted molar refractivity (Wildman–Crippen MR) is 99.1 cm³/mol. The van der Waals surface area contributed by atoms with Gasteiger partial charge < -0.3 is 10.6 Å². The molecule has 5 nitrogen and oxygen atoms in total. The number of carbonyl (C=O) groups excluding carboxylic acids is 1. The van der Waals surface area contributed by atoms with Crippen LogP contribution >= 0.6 is 11.6 Å². The molecule has 0 atom stereocenters. The van der Waals surface area contributed by atoms with Gasteiger partial charge in [0, 0.05) is 23.3 Å². The van der Waals surface area contributed by atoms with Crippen LogP contribution in [0.15, 0.2) is 54.6 Å². The average molecular weight is 371 g/mol. The molecule has 0 spiro atoms. The number of hydrogen-bond acceptors (Lipinski definition) is 4. The van der Waals surface area contributed by atoms with E-state index in [4.69, 9.17) is 11.6 Å². The van der Waals surface area contributed by atoms with Crippen LogP contribution in [0.3, 0.4) is 0 Å². The molecule has 2 aromatic carbocycles. The number of anilines is 2. The Kier molecular flexibility index (Phi) is 5.43. The molecule has 2 N–H and O–H groups in total. The Labute approximate surface area is 155 Å². The lowest BCUT2D eigenvalue weighted by molar-refractivity contribution is 0.0945. The number of amides is 1. The van der Waals surface area contributed by atoms with E-state index in [1.165, 1.54) is 18.2 Å². The zero-order valence-corrected chi connectivity index (χ0v) is 14.7. The van der Waals surface area contributed by atoms with Gasteiger partial charge in [0.1, 0.15) is 23.2 Å². The lowest BCUT2D eigenvalue weighted by Crippen LogP contribution is -2.24. The molecule has 0 aliphatic heterocycles. The topological polar surface area (TPSA) is 66.9 Å². The van der Waals surface area contributed by atoms with E-state index in [0.717, 1.165) is 5.56 Å². The minimum absolute atomic E-state index is 0.231. The first kappa shape index (κ1) is 17.8. The fourth-order valence-electron chi connectivity index (χ4n) is 2.34. The molecule has 0 radical (unpaired) electrons.